The standard InChI is InChI=1S/C17H15ClN4O/c18-12-4-1-2-5-13(12)19-16-6-3-7-17-20-15(21-22(16)17)10-14(23)11-8-9-11/h1-7,11,19H,8-10H2. The number of nitrogens with zero attached hydrogens (tertiary/aromatic N) is 3. The molecule has 5 nitrogen and oxygen atoms in total. The molecule has 1 aromatic carbocycles. The first kappa shape index (κ1) is 14.2. The van der Waals surface area contributed by atoms with Crippen LogP contribution < -0.4 is 5.32 Å². The fourth-order valence-corrected chi connectivity index (χ4v) is 2.71. The van der Waals surface area contributed by atoms with Crippen LogP contribution in [0.25, 0.3) is 5.65 Å². The number of para-hydroxylation sites is 1. The highest BCUT2D eigenvalue weighted by Crippen LogP contribution is 2.31. The zero-order valence-electron chi connectivity index (χ0n) is 12.4. The molecule has 1 N–H and O–H groups in total. The third kappa shape index (κ3) is 2.92. The number of carbonyl (C=O) groups is 1. The van der Waals surface area contributed by atoms with Gasteiger partial charge in [0.2, 0.25) is 0 Å². The number of fused-ring (bicyclic) bond motifs is 1. The fraction of sp³-hybridized carbons (Fsp3) is 0.235. The largest absolute Gasteiger partial charge is 0.339 e. The number of anilines is 2. The van der Waals surface area contributed by atoms with Crippen LogP contribution in [0.1, 0.15) is 18.7 Å². The van der Waals surface area contributed by atoms with E-state index in [1.165, 1.54) is 0 Å². The molecule has 0 aliphatic heterocycles. The van der Waals surface area contributed by atoms with Crippen LogP contribution in [0.15, 0.2) is 42.5 Å². The van der Waals surface area contributed by atoms with Gasteiger partial charge in [-0.15, -0.1) is 5.10 Å². The van der Waals surface area contributed by atoms with E-state index in [0.717, 1.165) is 24.3 Å². The third-order valence-electron chi connectivity index (χ3n) is 3.91. The second kappa shape index (κ2) is 5.66. The van der Waals surface area contributed by atoms with Gasteiger partial charge in [-0.3, -0.25) is 4.79 Å². The van der Waals surface area contributed by atoms with Crippen LogP contribution >= 0.6 is 11.6 Å². The van der Waals surface area contributed by atoms with Crippen LogP contribution in [0.4, 0.5) is 11.5 Å². The Hall–Kier alpha value is -2.40. The number of hydrogen-bond acceptors (Lipinski definition) is 4. The molecule has 0 unspecified atom stereocenters. The van der Waals surface area contributed by atoms with Gasteiger partial charge in [-0.1, -0.05) is 29.8 Å². The number of hydrogen-bond donors (Lipinski definition) is 1. The highest BCUT2D eigenvalue weighted by molar-refractivity contribution is 6.33. The topological polar surface area (TPSA) is 59.3 Å². The predicted molar refractivity (Wildman–Crippen MR) is 89.2 cm³/mol. The Morgan fingerprint density at radius 1 is 1.22 bits per heavy atom. The lowest BCUT2D eigenvalue weighted by molar-refractivity contribution is -0.119. The molecule has 4 rings (SSSR count). The monoisotopic (exact) mass is 326 g/mol. The Kier molecular flexibility index (Phi) is 3.50. The van der Waals surface area contributed by atoms with Crippen molar-refractivity contribution in [3.05, 3.63) is 53.3 Å². The molecule has 0 atom stereocenters. The number of rotatable bonds is 5. The van der Waals surface area contributed by atoms with Gasteiger partial charge >= 0.3 is 0 Å². The number of Topliss-reactive ketones (excluding diaryl/α,β-unsaturated/α-hetero) is 1. The van der Waals surface area contributed by atoms with Crippen molar-refractivity contribution in [2.24, 2.45) is 5.92 Å². The first-order chi connectivity index (χ1) is 11.2. The quantitative estimate of drug-likeness (QED) is 0.777. The van der Waals surface area contributed by atoms with Gasteiger partial charge in [0.1, 0.15) is 11.6 Å². The molecule has 2 heterocycles. The molecule has 116 valence electrons. The number of aromatic nitrogens is 3. The van der Waals surface area contributed by atoms with E-state index in [9.17, 15) is 4.79 Å². The van der Waals surface area contributed by atoms with Crippen molar-refractivity contribution >= 4 is 34.5 Å². The molecule has 1 saturated carbocycles. The van der Waals surface area contributed by atoms with E-state index in [1.54, 1.807) is 4.52 Å². The summed E-state index contributed by atoms with van der Waals surface area (Å²) in [7, 11) is 0. The number of halogens is 1. The van der Waals surface area contributed by atoms with E-state index in [4.69, 9.17) is 11.6 Å². The van der Waals surface area contributed by atoms with E-state index < -0.39 is 0 Å². The molecule has 1 aliphatic rings. The highest BCUT2D eigenvalue weighted by Gasteiger charge is 2.30. The van der Waals surface area contributed by atoms with Crippen LogP contribution in [-0.2, 0) is 11.2 Å². The molecule has 0 bridgehead atoms. The van der Waals surface area contributed by atoms with Crippen molar-refractivity contribution in [1.82, 2.24) is 14.6 Å². The molecule has 0 spiro atoms. The van der Waals surface area contributed by atoms with Gasteiger partial charge in [-0.2, -0.15) is 4.52 Å². The summed E-state index contributed by atoms with van der Waals surface area (Å²) in [4.78, 5) is 16.4. The smallest absolute Gasteiger partial charge is 0.159 e. The molecular weight excluding hydrogens is 312 g/mol. The Balaban J connectivity index is 1.65. The van der Waals surface area contributed by atoms with Crippen molar-refractivity contribution in [2.75, 3.05) is 5.32 Å². The molecule has 2 aromatic heterocycles. The lowest BCUT2D eigenvalue weighted by atomic mass is 10.2. The summed E-state index contributed by atoms with van der Waals surface area (Å²) in [6, 6.07) is 13.2. The molecule has 0 radical (unpaired) electrons. The van der Waals surface area contributed by atoms with E-state index in [1.807, 2.05) is 42.5 Å². The van der Waals surface area contributed by atoms with E-state index in [-0.39, 0.29) is 11.7 Å². The molecule has 0 amide bonds. The van der Waals surface area contributed by atoms with Crippen LogP contribution in [-0.4, -0.2) is 20.4 Å². The van der Waals surface area contributed by atoms with E-state index >= 15 is 0 Å². The lowest BCUT2D eigenvalue weighted by Crippen LogP contribution is -2.06. The van der Waals surface area contributed by atoms with Crippen LogP contribution in [0.5, 0.6) is 0 Å². The van der Waals surface area contributed by atoms with Crippen LogP contribution in [0.3, 0.4) is 0 Å². The van der Waals surface area contributed by atoms with Crippen LogP contribution in [0.2, 0.25) is 5.02 Å². The maximum Gasteiger partial charge on any atom is 0.159 e. The van der Waals surface area contributed by atoms with Gasteiger partial charge in [0.05, 0.1) is 17.1 Å². The summed E-state index contributed by atoms with van der Waals surface area (Å²) >= 11 is 6.19. The molecule has 1 aliphatic carbocycles. The summed E-state index contributed by atoms with van der Waals surface area (Å²) in [6.45, 7) is 0. The second-order valence-corrected chi connectivity index (χ2v) is 6.14. The predicted octanol–water partition coefficient (Wildman–Crippen LogP) is 3.65. The molecular formula is C17H15ClN4O. The molecule has 6 heteroatoms. The Bertz CT molecular complexity index is 885. The van der Waals surface area contributed by atoms with Crippen molar-refractivity contribution in [2.45, 2.75) is 19.3 Å². The maximum absolute atomic E-state index is 11.9. The Morgan fingerprint density at radius 2 is 2.04 bits per heavy atom. The molecule has 0 saturated heterocycles. The average Bonchev–Trinajstić information content (AvgIpc) is 3.31. The first-order valence-corrected chi connectivity index (χ1v) is 7.97. The van der Waals surface area contributed by atoms with Gasteiger partial charge < -0.3 is 5.32 Å². The maximum atomic E-state index is 11.9. The zero-order chi connectivity index (χ0) is 15.8. The van der Waals surface area contributed by atoms with Crippen molar-refractivity contribution in [1.29, 1.82) is 0 Å². The minimum absolute atomic E-state index is 0.224. The summed E-state index contributed by atoms with van der Waals surface area (Å²) in [5.74, 6) is 1.78. The first-order valence-electron chi connectivity index (χ1n) is 7.59. The minimum Gasteiger partial charge on any atom is -0.339 e. The van der Waals surface area contributed by atoms with Gasteiger partial charge in [0.25, 0.3) is 0 Å². The van der Waals surface area contributed by atoms with Crippen LogP contribution in [0, 0.1) is 5.92 Å². The zero-order valence-corrected chi connectivity index (χ0v) is 13.1. The van der Waals surface area contributed by atoms with Gasteiger partial charge in [-0.25, -0.2) is 4.98 Å². The number of nitrogens with one attached hydrogen (secondary N) is 1. The number of benzene rings is 1. The van der Waals surface area contributed by atoms with E-state index in [0.29, 0.717) is 22.9 Å². The van der Waals surface area contributed by atoms with E-state index in [2.05, 4.69) is 15.4 Å². The lowest BCUT2D eigenvalue weighted by Gasteiger charge is -2.09. The summed E-state index contributed by atoms with van der Waals surface area (Å²) in [6.07, 6.45) is 2.31. The van der Waals surface area contributed by atoms with Gasteiger partial charge in [-0.05, 0) is 37.1 Å². The number of carbonyl (C=O) groups excluding carboxylic acids is 1. The van der Waals surface area contributed by atoms with Gasteiger partial charge in [0, 0.05) is 5.92 Å². The second-order valence-electron chi connectivity index (χ2n) is 5.73. The summed E-state index contributed by atoms with van der Waals surface area (Å²) in [5.41, 5.74) is 1.51. The number of ketones is 1. The Labute approximate surface area is 138 Å². The average molecular weight is 327 g/mol. The fourth-order valence-electron chi connectivity index (χ4n) is 2.53. The van der Waals surface area contributed by atoms with Gasteiger partial charge in [0.15, 0.2) is 11.5 Å². The third-order valence-corrected chi connectivity index (χ3v) is 4.23. The van der Waals surface area contributed by atoms with Crippen molar-refractivity contribution in [3.8, 4) is 0 Å². The minimum atomic E-state index is 0.224. The van der Waals surface area contributed by atoms with Crippen molar-refractivity contribution in [3.63, 3.8) is 0 Å². The Morgan fingerprint density at radius 3 is 2.83 bits per heavy atom. The molecule has 3 aromatic rings. The highest BCUT2D eigenvalue weighted by atomic mass is 35.5. The summed E-state index contributed by atoms with van der Waals surface area (Å²) < 4.78 is 1.71. The number of pyridine rings is 1. The van der Waals surface area contributed by atoms with Crippen molar-refractivity contribution < 1.29 is 4.79 Å². The normalized spacial score (nSPS) is 14.1. The molecule has 23 heavy (non-hydrogen) atoms. The summed E-state index contributed by atoms with van der Waals surface area (Å²) in [5, 5.41) is 8.36. The SMILES string of the molecule is O=C(Cc1nc2cccc(Nc3ccccc3Cl)n2n1)C1CC1. The molecule has 1 fully saturated rings.